The molecule has 0 radical (unpaired) electrons. The van der Waals surface area contributed by atoms with E-state index in [9.17, 15) is 4.79 Å². The van der Waals surface area contributed by atoms with Gasteiger partial charge in [-0.25, -0.2) is 0 Å². The zero-order valence-corrected chi connectivity index (χ0v) is 18.9. The fourth-order valence-electron chi connectivity index (χ4n) is 2.84. The second-order valence-corrected chi connectivity index (χ2v) is 9.60. The molecular formula is C25H16Cl2OS2. The summed E-state index contributed by atoms with van der Waals surface area (Å²) in [7, 11) is 0. The molecule has 0 bridgehead atoms. The first-order valence-corrected chi connectivity index (χ1v) is 11.6. The molecule has 0 aliphatic carbocycles. The van der Waals surface area contributed by atoms with E-state index in [1.54, 1.807) is 41.7 Å². The fraction of sp³-hybridized carbons (Fsp3) is 0. The van der Waals surface area contributed by atoms with E-state index < -0.39 is 0 Å². The van der Waals surface area contributed by atoms with Gasteiger partial charge in [-0.1, -0.05) is 64.9 Å². The van der Waals surface area contributed by atoms with Crippen LogP contribution < -0.4 is 0 Å². The van der Waals surface area contributed by atoms with Crippen LogP contribution in [0.3, 0.4) is 0 Å². The van der Waals surface area contributed by atoms with Crippen LogP contribution >= 0.6 is 46.7 Å². The third kappa shape index (κ3) is 5.30. The molecule has 0 aliphatic heterocycles. The quantitative estimate of drug-likeness (QED) is 0.265. The minimum Gasteiger partial charge on any atom is -0.289 e. The smallest absolute Gasteiger partial charge is 0.194 e. The Morgan fingerprint density at radius 1 is 0.600 bits per heavy atom. The number of benzene rings is 4. The number of halogens is 2. The highest BCUT2D eigenvalue weighted by Crippen LogP contribution is 2.32. The minimum absolute atomic E-state index is 0.138. The Bertz CT molecular complexity index is 1160. The Kier molecular flexibility index (Phi) is 6.86. The van der Waals surface area contributed by atoms with E-state index in [0.29, 0.717) is 21.2 Å². The third-order valence-corrected chi connectivity index (χ3v) is 6.92. The van der Waals surface area contributed by atoms with Gasteiger partial charge in [-0.3, -0.25) is 4.79 Å². The summed E-state index contributed by atoms with van der Waals surface area (Å²) < 4.78 is 0. The normalized spacial score (nSPS) is 10.7. The number of hydrogen-bond donors (Lipinski definition) is 0. The van der Waals surface area contributed by atoms with E-state index in [1.807, 2.05) is 42.5 Å². The molecule has 0 heterocycles. The van der Waals surface area contributed by atoms with Gasteiger partial charge in [0.15, 0.2) is 5.78 Å². The van der Waals surface area contributed by atoms with Crippen molar-refractivity contribution >= 4 is 52.5 Å². The van der Waals surface area contributed by atoms with Gasteiger partial charge in [-0.15, -0.1) is 0 Å². The molecule has 148 valence electrons. The van der Waals surface area contributed by atoms with Crippen molar-refractivity contribution in [1.29, 1.82) is 0 Å². The molecule has 0 saturated carbocycles. The highest BCUT2D eigenvalue weighted by molar-refractivity contribution is 7.99. The zero-order valence-electron chi connectivity index (χ0n) is 15.7. The van der Waals surface area contributed by atoms with E-state index in [2.05, 4.69) is 36.4 Å². The van der Waals surface area contributed by atoms with Crippen LogP contribution in [0.1, 0.15) is 15.9 Å². The number of carbonyl (C=O) groups excluding carboxylic acids is 1. The monoisotopic (exact) mass is 466 g/mol. The Hall–Kier alpha value is -2.17. The average molecular weight is 467 g/mol. The van der Waals surface area contributed by atoms with Crippen molar-refractivity contribution in [2.24, 2.45) is 0 Å². The average Bonchev–Trinajstić information content (AvgIpc) is 2.77. The van der Waals surface area contributed by atoms with E-state index in [1.165, 1.54) is 9.79 Å². The summed E-state index contributed by atoms with van der Waals surface area (Å²) in [6.07, 6.45) is 0. The largest absolute Gasteiger partial charge is 0.289 e. The Balaban J connectivity index is 1.43. The molecule has 4 aromatic rings. The zero-order chi connectivity index (χ0) is 20.9. The summed E-state index contributed by atoms with van der Waals surface area (Å²) in [6, 6.07) is 31.2. The molecule has 0 unspecified atom stereocenters. The van der Waals surface area contributed by atoms with Crippen LogP contribution in [-0.4, -0.2) is 5.78 Å². The van der Waals surface area contributed by atoms with Crippen LogP contribution in [0.25, 0.3) is 0 Å². The maximum Gasteiger partial charge on any atom is 0.194 e. The summed E-state index contributed by atoms with van der Waals surface area (Å²) in [5, 5.41) is 0.889. The van der Waals surface area contributed by atoms with E-state index in [-0.39, 0.29) is 5.78 Å². The lowest BCUT2D eigenvalue weighted by Crippen LogP contribution is -2.02. The van der Waals surface area contributed by atoms with Gasteiger partial charge in [0, 0.05) is 35.7 Å². The van der Waals surface area contributed by atoms with Crippen molar-refractivity contribution in [2.75, 3.05) is 0 Å². The first kappa shape index (κ1) is 21.1. The maximum absolute atomic E-state index is 12.7. The molecule has 0 N–H and O–H groups in total. The van der Waals surface area contributed by atoms with E-state index in [0.717, 1.165) is 9.79 Å². The highest BCUT2D eigenvalue weighted by atomic mass is 35.5. The molecule has 30 heavy (non-hydrogen) atoms. The Morgan fingerprint density at radius 2 is 1.10 bits per heavy atom. The topological polar surface area (TPSA) is 17.1 Å². The summed E-state index contributed by atoms with van der Waals surface area (Å²) in [5.41, 5.74) is 0.995. The molecule has 5 heteroatoms. The van der Waals surface area contributed by atoms with Crippen LogP contribution in [0.5, 0.6) is 0 Å². The maximum atomic E-state index is 12.7. The Morgan fingerprint density at radius 3 is 1.67 bits per heavy atom. The molecule has 0 saturated heterocycles. The molecule has 0 spiro atoms. The van der Waals surface area contributed by atoms with Gasteiger partial charge in [-0.05, 0) is 78.9 Å². The summed E-state index contributed by atoms with van der Waals surface area (Å²) in [4.78, 5) is 17.3. The lowest BCUT2D eigenvalue weighted by molar-refractivity contribution is 0.103. The number of rotatable bonds is 6. The van der Waals surface area contributed by atoms with Gasteiger partial charge in [0.05, 0.1) is 5.02 Å². The molecule has 0 aliphatic rings. The van der Waals surface area contributed by atoms with Crippen molar-refractivity contribution in [3.63, 3.8) is 0 Å². The fourth-order valence-corrected chi connectivity index (χ4v) is 4.87. The highest BCUT2D eigenvalue weighted by Gasteiger charge is 2.13. The summed E-state index contributed by atoms with van der Waals surface area (Å²) >= 11 is 15.6. The lowest BCUT2D eigenvalue weighted by Gasteiger charge is -2.07. The first-order chi connectivity index (χ1) is 14.6. The van der Waals surface area contributed by atoms with Gasteiger partial charge < -0.3 is 0 Å². The molecular weight excluding hydrogens is 451 g/mol. The number of ketones is 1. The molecule has 0 atom stereocenters. The second kappa shape index (κ2) is 9.76. The second-order valence-electron chi connectivity index (χ2n) is 6.47. The predicted octanol–water partition coefficient (Wildman–Crippen LogP) is 8.53. The van der Waals surface area contributed by atoms with Crippen molar-refractivity contribution < 1.29 is 4.79 Å². The molecule has 0 amide bonds. The third-order valence-electron chi connectivity index (χ3n) is 4.33. The Labute approximate surface area is 194 Å². The molecule has 0 aromatic heterocycles. The van der Waals surface area contributed by atoms with E-state index >= 15 is 0 Å². The van der Waals surface area contributed by atoms with Crippen LogP contribution in [0.15, 0.2) is 117 Å². The predicted molar refractivity (Wildman–Crippen MR) is 127 cm³/mol. The molecule has 0 fully saturated rings. The minimum atomic E-state index is -0.138. The van der Waals surface area contributed by atoms with E-state index in [4.69, 9.17) is 23.2 Å². The van der Waals surface area contributed by atoms with Gasteiger partial charge in [0.2, 0.25) is 0 Å². The van der Waals surface area contributed by atoms with Crippen LogP contribution in [-0.2, 0) is 0 Å². The van der Waals surface area contributed by atoms with Crippen LogP contribution in [0.4, 0.5) is 0 Å². The van der Waals surface area contributed by atoms with Gasteiger partial charge >= 0.3 is 0 Å². The first-order valence-electron chi connectivity index (χ1n) is 9.19. The standard InChI is InChI=1S/C25H16Cl2OS2/c26-18-8-15-24(27)23(16-18)25(28)17-6-9-20(10-7-17)30-22-13-11-21(12-14-22)29-19-4-2-1-3-5-19/h1-16H. The number of carbonyl (C=O) groups is 1. The van der Waals surface area contributed by atoms with Crippen molar-refractivity contribution in [1.82, 2.24) is 0 Å². The molecule has 4 rings (SSSR count). The number of hydrogen-bond acceptors (Lipinski definition) is 3. The van der Waals surface area contributed by atoms with Gasteiger partial charge in [0.1, 0.15) is 0 Å². The van der Waals surface area contributed by atoms with Crippen molar-refractivity contribution in [3.8, 4) is 0 Å². The molecule has 1 nitrogen and oxygen atoms in total. The van der Waals surface area contributed by atoms with Gasteiger partial charge in [-0.2, -0.15) is 0 Å². The van der Waals surface area contributed by atoms with Crippen molar-refractivity contribution in [2.45, 2.75) is 19.6 Å². The van der Waals surface area contributed by atoms with Crippen LogP contribution in [0.2, 0.25) is 10.0 Å². The van der Waals surface area contributed by atoms with Gasteiger partial charge in [0.25, 0.3) is 0 Å². The lowest BCUT2D eigenvalue weighted by atomic mass is 10.0. The summed E-state index contributed by atoms with van der Waals surface area (Å²) in [5.74, 6) is -0.138. The van der Waals surface area contributed by atoms with Crippen LogP contribution in [0, 0.1) is 0 Å². The summed E-state index contributed by atoms with van der Waals surface area (Å²) in [6.45, 7) is 0. The van der Waals surface area contributed by atoms with Crippen molar-refractivity contribution in [3.05, 3.63) is 118 Å². The SMILES string of the molecule is O=C(c1ccc(Sc2ccc(Sc3ccccc3)cc2)cc1)c1cc(Cl)ccc1Cl. The molecule has 4 aromatic carbocycles.